The van der Waals surface area contributed by atoms with Crippen molar-refractivity contribution in [1.82, 2.24) is 0 Å². The van der Waals surface area contributed by atoms with Gasteiger partial charge in [0.1, 0.15) is 0 Å². The lowest BCUT2D eigenvalue weighted by atomic mass is 9.48. The Bertz CT molecular complexity index is 484. The minimum absolute atomic E-state index is 0.500. The molecular weight excluding hydrogens is 230 g/mol. The molecule has 0 heterocycles. The monoisotopic (exact) mass is 251 g/mol. The van der Waals surface area contributed by atoms with E-state index in [1.165, 1.54) is 38.5 Å². The second kappa shape index (κ2) is 4.10. The number of nitrogens with zero attached hydrogens (tertiary/aromatic N) is 1. The third-order valence-electron chi connectivity index (χ3n) is 5.89. The summed E-state index contributed by atoms with van der Waals surface area (Å²) < 4.78 is 0. The average molecular weight is 251 g/mol. The summed E-state index contributed by atoms with van der Waals surface area (Å²) in [4.78, 5) is 0. The van der Waals surface area contributed by atoms with Gasteiger partial charge in [0, 0.05) is 0 Å². The van der Waals surface area contributed by atoms with Gasteiger partial charge in [0.05, 0.1) is 12.5 Å². The van der Waals surface area contributed by atoms with Crippen LogP contribution in [0.15, 0.2) is 24.3 Å². The molecule has 0 aliphatic heterocycles. The number of nitriles is 1. The average Bonchev–Trinajstić information content (AvgIpc) is 2.38. The molecule has 5 rings (SSSR count). The zero-order valence-electron chi connectivity index (χ0n) is 11.4. The smallest absolute Gasteiger partial charge is 0.0669 e. The first kappa shape index (κ1) is 11.5. The highest BCUT2D eigenvalue weighted by atomic mass is 14.6. The molecule has 0 atom stereocenters. The maximum Gasteiger partial charge on any atom is 0.0669 e. The van der Waals surface area contributed by atoms with Crippen LogP contribution in [-0.2, 0) is 11.8 Å². The molecule has 0 spiro atoms. The highest BCUT2D eigenvalue weighted by Crippen LogP contribution is 2.60. The van der Waals surface area contributed by atoms with Crippen LogP contribution in [0, 0.1) is 29.1 Å². The number of hydrogen-bond donors (Lipinski definition) is 0. The summed E-state index contributed by atoms with van der Waals surface area (Å²) in [6, 6.07) is 11.2. The van der Waals surface area contributed by atoms with E-state index in [1.807, 2.05) is 0 Å². The summed E-state index contributed by atoms with van der Waals surface area (Å²) in [7, 11) is 0. The molecule has 4 fully saturated rings. The first-order valence-electron chi connectivity index (χ1n) is 7.74. The normalized spacial score (nSPS) is 39.2. The van der Waals surface area contributed by atoms with Crippen LogP contribution in [0.3, 0.4) is 0 Å². The van der Waals surface area contributed by atoms with Crippen molar-refractivity contribution in [1.29, 1.82) is 5.26 Å². The van der Waals surface area contributed by atoms with Gasteiger partial charge in [-0.1, -0.05) is 24.3 Å². The number of hydrogen-bond acceptors (Lipinski definition) is 1. The van der Waals surface area contributed by atoms with Crippen molar-refractivity contribution in [3.63, 3.8) is 0 Å². The van der Waals surface area contributed by atoms with Crippen molar-refractivity contribution in [2.75, 3.05) is 0 Å². The Morgan fingerprint density at radius 2 is 1.47 bits per heavy atom. The molecule has 0 radical (unpaired) electrons. The molecule has 0 N–H and O–H groups in total. The summed E-state index contributed by atoms with van der Waals surface area (Å²) in [5, 5.41) is 8.77. The first-order valence-corrected chi connectivity index (χ1v) is 7.74. The summed E-state index contributed by atoms with van der Waals surface area (Å²) in [6.07, 6.45) is 9.34. The van der Waals surface area contributed by atoms with Gasteiger partial charge in [-0.05, 0) is 72.8 Å². The molecule has 4 saturated carbocycles. The van der Waals surface area contributed by atoms with Gasteiger partial charge in [0.2, 0.25) is 0 Å². The van der Waals surface area contributed by atoms with Crippen LogP contribution in [0.2, 0.25) is 0 Å². The Labute approximate surface area is 115 Å². The van der Waals surface area contributed by atoms with Crippen molar-refractivity contribution >= 4 is 0 Å². The summed E-state index contributed by atoms with van der Waals surface area (Å²) >= 11 is 0. The molecule has 4 aliphatic rings. The maximum absolute atomic E-state index is 8.77. The molecule has 1 heteroatoms. The molecule has 0 amide bonds. The molecule has 0 unspecified atom stereocenters. The number of benzene rings is 1. The van der Waals surface area contributed by atoms with Gasteiger partial charge in [0.15, 0.2) is 0 Å². The lowest BCUT2D eigenvalue weighted by Gasteiger charge is -2.57. The fraction of sp³-hybridized carbons (Fsp3) is 0.611. The quantitative estimate of drug-likeness (QED) is 0.772. The SMILES string of the molecule is N#CCc1ccc(C23CC4CC(CC(C4)C2)C3)cc1. The van der Waals surface area contributed by atoms with Gasteiger partial charge in [-0.25, -0.2) is 0 Å². The third-order valence-corrected chi connectivity index (χ3v) is 5.89. The van der Waals surface area contributed by atoms with Crippen LogP contribution in [0.4, 0.5) is 0 Å². The molecule has 0 saturated heterocycles. The maximum atomic E-state index is 8.77. The Kier molecular flexibility index (Phi) is 2.49. The molecule has 0 aromatic heterocycles. The van der Waals surface area contributed by atoms with Gasteiger partial charge < -0.3 is 0 Å². The molecule has 98 valence electrons. The predicted octanol–water partition coefficient (Wildman–Crippen LogP) is 4.22. The van der Waals surface area contributed by atoms with Crippen LogP contribution in [0.1, 0.15) is 49.7 Å². The lowest BCUT2D eigenvalue weighted by Crippen LogP contribution is -2.48. The van der Waals surface area contributed by atoms with Gasteiger partial charge in [-0.15, -0.1) is 0 Å². The van der Waals surface area contributed by atoms with Crippen LogP contribution < -0.4 is 0 Å². The van der Waals surface area contributed by atoms with E-state index >= 15 is 0 Å². The standard InChI is InChI=1S/C18H21N/c19-6-5-13-1-3-17(4-2-13)18-10-14-7-15(11-18)9-16(8-14)12-18/h1-4,14-16H,5,7-12H2. The van der Waals surface area contributed by atoms with Crippen molar-refractivity contribution in [2.24, 2.45) is 17.8 Å². The minimum atomic E-state index is 0.500. The second-order valence-electron chi connectivity index (χ2n) is 7.23. The summed E-state index contributed by atoms with van der Waals surface area (Å²) in [6.45, 7) is 0. The van der Waals surface area contributed by atoms with Crippen molar-refractivity contribution < 1.29 is 0 Å². The molecular formula is C18H21N. The Morgan fingerprint density at radius 1 is 0.947 bits per heavy atom. The van der Waals surface area contributed by atoms with E-state index in [0.717, 1.165) is 23.3 Å². The Hall–Kier alpha value is -1.29. The van der Waals surface area contributed by atoms with Crippen LogP contribution >= 0.6 is 0 Å². The number of rotatable bonds is 2. The zero-order chi connectivity index (χ0) is 12.9. The van der Waals surface area contributed by atoms with E-state index < -0.39 is 0 Å². The van der Waals surface area contributed by atoms with Crippen LogP contribution in [-0.4, -0.2) is 0 Å². The largest absolute Gasteiger partial charge is 0.198 e. The highest BCUT2D eigenvalue weighted by Gasteiger charge is 2.51. The van der Waals surface area contributed by atoms with E-state index in [1.54, 1.807) is 5.56 Å². The molecule has 1 nitrogen and oxygen atoms in total. The summed E-state index contributed by atoms with van der Waals surface area (Å²) in [5.74, 6) is 3.01. The van der Waals surface area contributed by atoms with E-state index in [4.69, 9.17) is 5.26 Å². The Morgan fingerprint density at radius 3 is 1.95 bits per heavy atom. The van der Waals surface area contributed by atoms with Gasteiger partial charge in [0.25, 0.3) is 0 Å². The fourth-order valence-corrected chi connectivity index (χ4v) is 5.53. The van der Waals surface area contributed by atoms with Gasteiger partial charge in [-0.3, -0.25) is 0 Å². The van der Waals surface area contributed by atoms with Gasteiger partial charge >= 0.3 is 0 Å². The van der Waals surface area contributed by atoms with E-state index in [-0.39, 0.29) is 0 Å². The minimum Gasteiger partial charge on any atom is -0.198 e. The van der Waals surface area contributed by atoms with Crippen LogP contribution in [0.5, 0.6) is 0 Å². The second-order valence-corrected chi connectivity index (χ2v) is 7.23. The van der Waals surface area contributed by atoms with Crippen LogP contribution in [0.25, 0.3) is 0 Å². The first-order chi connectivity index (χ1) is 9.27. The zero-order valence-corrected chi connectivity index (χ0v) is 11.4. The van der Waals surface area contributed by atoms with E-state index in [9.17, 15) is 0 Å². The lowest BCUT2D eigenvalue weighted by molar-refractivity contribution is -0.00519. The molecule has 4 bridgehead atoms. The van der Waals surface area contributed by atoms with Crippen molar-refractivity contribution in [2.45, 2.75) is 50.4 Å². The predicted molar refractivity (Wildman–Crippen MR) is 75.6 cm³/mol. The topological polar surface area (TPSA) is 23.8 Å². The molecule has 1 aromatic rings. The molecule has 1 aromatic carbocycles. The van der Waals surface area contributed by atoms with Crippen molar-refractivity contribution in [3.05, 3.63) is 35.4 Å². The third kappa shape index (κ3) is 1.81. The summed E-state index contributed by atoms with van der Waals surface area (Å²) in [5.41, 5.74) is 3.23. The van der Waals surface area contributed by atoms with Crippen molar-refractivity contribution in [3.8, 4) is 6.07 Å². The highest BCUT2D eigenvalue weighted by molar-refractivity contribution is 5.33. The van der Waals surface area contributed by atoms with E-state index in [2.05, 4.69) is 30.3 Å². The van der Waals surface area contributed by atoms with Gasteiger partial charge in [-0.2, -0.15) is 5.26 Å². The van der Waals surface area contributed by atoms with E-state index in [0.29, 0.717) is 11.8 Å². The Balaban J connectivity index is 1.66. The molecule has 19 heavy (non-hydrogen) atoms. The molecule has 4 aliphatic carbocycles. The fourth-order valence-electron chi connectivity index (χ4n) is 5.53.